The first kappa shape index (κ1) is 24.2. The Labute approximate surface area is 209 Å². The standard InChI is InChI=1S/C28H39N5O2/c34-28(30-14-18-31-19-21-35-22-20-31)23-7-9-24(10-8-23)32-16-11-25(12-17-32)33-15-4-2-6-27(33)26-5-1-3-13-29-26/h1,3,5,7-10,13,25,27H,2,4,6,11-12,14-22H2,(H,30,34)/t27-/m0/s1. The summed E-state index contributed by atoms with van der Waals surface area (Å²) in [6.45, 7) is 8.31. The van der Waals surface area contributed by atoms with Crippen molar-refractivity contribution in [2.75, 3.05) is 63.9 Å². The van der Waals surface area contributed by atoms with Gasteiger partial charge in [-0.05, 0) is 68.6 Å². The number of benzene rings is 1. The van der Waals surface area contributed by atoms with Crippen LogP contribution in [0.15, 0.2) is 48.7 Å². The predicted molar refractivity (Wildman–Crippen MR) is 139 cm³/mol. The van der Waals surface area contributed by atoms with Gasteiger partial charge in [-0.1, -0.05) is 12.5 Å². The van der Waals surface area contributed by atoms with E-state index in [9.17, 15) is 4.79 Å². The zero-order valence-corrected chi connectivity index (χ0v) is 20.8. The van der Waals surface area contributed by atoms with Gasteiger partial charge in [-0.2, -0.15) is 0 Å². The maximum absolute atomic E-state index is 12.6. The molecule has 0 saturated carbocycles. The van der Waals surface area contributed by atoms with Crippen LogP contribution in [0.2, 0.25) is 0 Å². The molecule has 1 atom stereocenters. The van der Waals surface area contributed by atoms with E-state index < -0.39 is 0 Å². The minimum Gasteiger partial charge on any atom is -0.379 e. The lowest BCUT2D eigenvalue weighted by atomic mass is 9.93. The number of piperidine rings is 2. The Balaban J connectivity index is 1.11. The number of morpholine rings is 1. The van der Waals surface area contributed by atoms with Crippen LogP contribution < -0.4 is 10.2 Å². The Morgan fingerprint density at radius 2 is 1.74 bits per heavy atom. The highest BCUT2D eigenvalue weighted by Gasteiger charge is 2.32. The average molecular weight is 478 g/mol. The van der Waals surface area contributed by atoms with Gasteiger partial charge in [0, 0.05) is 62.8 Å². The highest BCUT2D eigenvalue weighted by molar-refractivity contribution is 5.94. The molecule has 4 heterocycles. The number of hydrogen-bond donors (Lipinski definition) is 1. The summed E-state index contributed by atoms with van der Waals surface area (Å²) in [7, 11) is 0. The first-order valence-electron chi connectivity index (χ1n) is 13.4. The normalized spacial score (nSPS) is 22.7. The second-order valence-electron chi connectivity index (χ2n) is 9.98. The number of rotatable bonds is 7. The maximum Gasteiger partial charge on any atom is 0.251 e. The molecule has 0 aliphatic carbocycles. The van der Waals surface area contributed by atoms with Crippen molar-refractivity contribution >= 4 is 11.6 Å². The SMILES string of the molecule is O=C(NCCN1CCOCC1)c1ccc(N2CCC(N3CCCC[C@H]3c3ccccn3)CC2)cc1. The van der Waals surface area contributed by atoms with Crippen molar-refractivity contribution in [3.05, 3.63) is 59.9 Å². The lowest BCUT2D eigenvalue weighted by Gasteiger charge is -2.45. The van der Waals surface area contributed by atoms with Gasteiger partial charge in [-0.15, -0.1) is 0 Å². The predicted octanol–water partition coefficient (Wildman–Crippen LogP) is 3.34. The maximum atomic E-state index is 12.6. The molecule has 7 heteroatoms. The van der Waals surface area contributed by atoms with E-state index in [1.807, 2.05) is 24.4 Å². The summed E-state index contributed by atoms with van der Waals surface area (Å²) >= 11 is 0. The molecule has 5 rings (SSSR count). The third-order valence-corrected chi connectivity index (χ3v) is 7.82. The van der Waals surface area contributed by atoms with Crippen LogP contribution in [-0.4, -0.2) is 85.8 Å². The number of pyridine rings is 1. The van der Waals surface area contributed by atoms with E-state index >= 15 is 0 Å². The number of amides is 1. The Morgan fingerprint density at radius 3 is 2.49 bits per heavy atom. The number of nitrogens with zero attached hydrogens (tertiary/aromatic N) is 4. The van der Waals surface area contributed by atoms with Crippen LogP contribution in [-0.2, 0) is 4.74 Å². The third-order valence-electron chi connectivity index (χ3n) is 7.82. The van der Waals surface area contributed by atoms with Gasteiger partial charge in [0.15, 0.2) is 0 Å². The minimum absolute atomic E-state index is 0.00850. The Bertz CT molecular complexity index is 924. The van der Waals surface area contributed by atoms with Crippen LogP contribution in [0, 0.1) is 0 Å². The van der Waals surface area contributed by atoms with Gasteiger partial charge >= 0.3 is 0 Å². The van der Waals surface area contributed by atoms with Crippen LogP contribution >= 0.6 is 0 Å². The van der Waals surface area contributed by atoms with E-state index in [0.717, 1.165) is 51.5 Å². The Hall–Kier alpha value is -2.48. The molecule has 1 amide bonds. The summed E-state index contributed by atoms with van der Waals surface area (Å²) in [5, 5.41) is 3.06. The van der Waals surface area contributed by atoms with Crippen molar-refractivity contribution in [2.45, 2.75) is 44.2 Å². The van der Waals surface area contributed by atoms with Crippen molar-refractivity contribution < 1.29 is 9.53 Å². The minimum atomic E-state index is 0.00850. The number of carbonyl (C=O) groups excluding carboxylic acids is 1. The van der Waals surface area contributed by atoms with Crippen LogP contribution in [0.4, 0.5) is 5.69 Å². The highest BCUT2D eigenvalue weighted by atomic mass is 16.5. The van der Waals surface area contributed by atoms with Gasteiger partial charge < -0.3 is 15.0 Å². The van der Waals surface area contributed by atoms with Gasteiger partial charge in [-0.3, -0.25) is 19.6 Å². The number of hydrogen-bond acceptors (Lipinski definition) is 6. The molecule has 35 heavy (non-hydrogen) atoms. The molecule has 2 aromatic rings. The summed E-state index contributed by atoms with van der Waals surface area (Å²) < 4.78 is 5.38. The number of anilines is 1. The summed E-state index contributed by atoms with van der Waals surface area (Å²) in [5.41, 5.74) is 3.18. The Kier molecular flexibility index (Phi) is 8.29. The molecule has 1 N–H and O–H groups in total. The van der Waals surface area contributed by atoms with Crippen LogP contribution in [0.25, 0.3) is 0 Å². The molecule has 0 radical (unpaired) electrons. The fourth-order valence-electron chi connectivity index (χ4n) is 5.82. The van der Waals surface area contributed by atoms with Crippen molar-refractivity contribution in [1.82, 2.24) is 20.1 Å². The summed E-state index contributed by atoms with van der Waals surface area (Å²) in [5.74, 6) is 0.00850. The molecule has 3 aliphatic heterocycles. The molecule has 0 spiro atoms. The van der Waals surface area contributed by atoms with Gasteiger partial charge in [-0.25, -0.2) is 0 Å². The largest absolute Gasteiger partial charge is 0.379 e. The molecular formula is C28H39N5O2. The van der Waals surface area contributed by atoms with Crippen LogP contribution in [0.5, 0.6) is 0 Å². The summed E-state index contributed by atoms with van der Waals surface area (Å²) in [4.78, 5) is 24.8. The fraction of sp³-hybridized carbons (Fsp3) is 0.571. The molecule has 0 bridgehead atoms. The van der Waals surface area contributed by atoms with E-state index in [4.69, 9.17) is 4.74 Å². The smallest absolute Gasteiger partial charge is 0.251 e. The topological polar surface area (TPSA) is 60.9 Å². The quantitative estimate of drug-likeness (QED) is 0.660. The number of carbonyl (C=O) groups is 1. The molecule has 3 saturated heterocycles. The molecule has 1 aromatic heterocycles. The molecule has 3 fully saturated rings. The number of nitrogens with one attached hydrogen (secondary N) is 1. The van der Waals surface area contributed by atoms with Crippen molar-refractivity contribution in [3.8, 4) is 0 Å². The lowest BCUT2D eigenvalue weighted by Crippen LogP contribution is -2.48. The van der Waals surface area contributed by atoms with E-state index in [2.05, 4.69) is 49.3 Å². The van der Waals surface area contributed by atoms with Gasteiger partial charge in [0.05, 0.1) is 24.9 Å². The van der Waals surface area contributed by atoms with Crippen molar-refractivity contribution in [3.63, 3.8) is 0 Å². The number of likely N-dealkylation sites (tertiary alicyclic amines) is 1. The molecule has 3 aliphatic rings. The van der Waals surface area contributed by atoms with Gasteiger partial charge in [0.2, 0.25) is 0 Å². The number of aromatic nitrogens is 1. The fourth-order valence-corrected chi connectivity index (χ4v) is 5.82. The summed E-state index contributed by atoms with van der Waals surface area (Å²) in [6.07, 6.45) is 8.08. The zero-order valence-electron chi connectivity index (χ0n) is 20.8. The van der Waals surface area contributed by atoms with Crippen molar-refractivity contribution in [1.29, 1.82) is 0 Å². The second-order valence-corrected chi connectivity index (χ2v) is 9.98. The Morgan fingerprint density at radius 1 is 0.943 bits per heavy atom. The van der Waals surface area contributed by atoms with E-state index in [1.54, 1.807) is 0 Å². The zero-order chi connectivity index (χ0) is 23.9. The highest BCUT2D eigenvalue weighted by Crippen LogP contribution is 2.34. The van der Waals surface area contributed by atoms with E-state index in [0.29, 0.717) is 18.6 Å². The van der Waals surface area contributed by atoms with Crippen molar-refractivity contribution in [2.24, 2.45) is 0 Å². The van der Waals surface area contributed by atoms with Crippen LogP contribution in [0.1, 0.15) is 54.2 Å². The monoisotopic (exact) mass is 477 g/mol. The third kappa shape index (κ3) is 6.21. The molecule has 0 unspecified atom stereocenters. The molecule has 188 valence electrons. The first-order valence-corrected chi connectivity index (χ1v) is 13.4. The molecular weight excluding hydrogens is 438 g/mol. The average Bonchev–Trinajstić information content (AvgIpc) is 2.94. The van der Waals surface area contributed by atoms with E-state index in [1.165, 1.54) is 50.0 Å². The molecule has 7 nitrogen and oxygen atoms in total. The van der Waals surface area contributed by atoms with Gasteiger partial charge in [0.1, 0.15) is 0 Å². The molecule has 1 aromatic carbocycles. The first-order chi connectivity index (χ1) is 17.3. The lowest BCUT2D eigenvalue weighted by molar-refractivity contribution is 0.0383. The van der Waals surface area contributed by atoms with E-state index in [-0.39, 0.29) is 5.91 Å². The van der Waals surface area contributed by atoms with Gasteiger partial charge in [0.25, 0.3) is 5.91 Å². The van der Waals surface area contributed by atoms with Crippen LogP contribution in [0.3, 0.4) is 0 Å². The second kappa shape index (κ2) is 12.0. The number of ether oxygens (including phenoxy) is 1. The summed E-state index contributed by atoms with van der Waals surface area (Å²) in [6, 6.07) is 15.5.